The molecular weight excluding hydrogens is 691 g/mol. The number of aliphatic hydroxyl groups is 5. The predicted molar refractivity (Wildman–Crippen MR) is 203 cm³/mol. The number of ether oxygens (including phenoxy) is 2. The fourth-order valence-corrected chi connectivity index (χ4v) is 7.27. The van der Waals surface area contributed by atoms with Crippen molar-refractivity contribution in [3.05, 3.63) is 12.2 Å². The number of aliphatic hydroxyl groups excluding tert-OH is 5. The summed E-state index contributed by atoms with van der Waals surface area (Å²) in [6, 6.07) is 0. The molecule has 0 spiro atoms. The number of carbonyl (C=O) groups excluding carboxylic acids is 1. The standard InChI is InChI=1S/C39H75O12P/c1-3-5-7-9-11-13-15-16-17-18-20-22-24-26-28-33(40)50-32(30-48-29-27-25-23-21-19-14-12-10-8-6-4-2)31-49-52(46,47)51-39-37(44)35(42)34(41)36(43)38(39)45/h8,10,32,34-39,41-45H,3-7,9,11-31H2,1-2H3,(H,46,47)/b10-8-. The molecule has 13 heteroatoms. The quantitative estimate of drug-likeness (QED) is 0.0167. The van der Waals surface area contributed by atoms with Crippen LogP contribution in [-0.2, 0) is 27.9 Å². The summed E-state index contributed by atoms with van der Waals surface area (Å²) in [7, 11) is -5.00. The van der Waals surface area contributed by atoms with Gasteiger partial charge in [0.1, 0.15) is 42.7 Å². The molecule has 1 aliphatic rings. The third-order valence-corrected chi connectivity index (χ3v) is 10.6. The van der Waals surface area contributed by atoms with Crippen LogP contribution in [0.15, 0.2) is 12.2 Å². The van der Waals surface area contributed by atoms with E-state index in [4.69, 9.17) is 18.5 Å². The Bertz CT molecular complexity index is 921. The molecule has 0 aromatic rings. The molecule has 52 heavy (non-hydrogen) atoms. The van der Waals surface area contributed by atoms with Gasteiger partial charge in [-0.1, -0.05) is 142 Å². The normalized spacial score (nSPS) is 23.9. The number of phosphoric ester groups is 1. The van der Waals surface area contributed by atoms with Crippen LogP contribution < -0.4 is 0 Å². The molecule has 308 valence electrons. The maximum atomic E-state index is 12.7. The molecular formula is C39H75O12P. The van der Waals surface area contributed by atoms with E-state index >= 15 is 0 Å². The topological polar surface area (TPSA) is 192 Å². The summed E-state index contributed by atoms with van der Waals surface area (Å²) in [4.78, 5) is 23.0. The maximum absolute atomic E-state index is 12.7. The highest BCUT2D eigenvalue weighted by atomic mass is 31.2. The van der Waals surface area contributed by atoms with Crippen LogP contribution in [0.25, 0.3) is 0 Å². The van der Waals surface area contributed by atoms with Gasteiger partial charge in [0, 0.05) is 13.0 Å². The summed E-state index contributed by atoms with van der Waals surface area (Å²) in [5.74, 6) is -0.479. The number of hydrogen-bond acceptors (Lipinski definition) is 11. The monoisotopic (exact) mass is 766 g/mol. The number of unbranched alkanes of at least 4 members (excludes halogenated alkanes) is 20. The molecule has 6 atom stereocenters. The molecule has 1 saturated carbocycles. The first kappa shape index (κ1) is 49.1. The van der Waals surface area contributed by atoms with Crippen molar-refractivity contribution in [2.75, 3.05) is 19.8 Å². The minimum Gasteiger partial charge on any atom is -0.457 e. The summed E-state index contributed by atoms with van der Waals surface area (Å²) >= 11 is 0. The first-order valence-electron chi connectivity index (χ1n) is 20.5. The highest BCUT2D eigenvalue weighted by Crippen LogP contribution is 2.47. The molecule has 0 bridgehead atoms. The van der Waals surface area contributed by atoms with E-state index in [2.05, 4.69) is 26.0 Å². The lowest BCUT2D eigenvalue weighted by molar-refractivity contribution is -0.220. The van der Waals surface area contributed by atoms with Crippen molar-refractivity contribution in [1.29, 1.82) is 0 Å². The van der Waals surface area contributed by atoms with E-state index in [1.807, 2.05) is 0 Å². The zero-order valence-electron chi connectivity index (χ0n) is 32.4. The summed E-state index contributed by atoms with van der Waals surface area (Å²) in [6.07, 6.45) is 18.6. The zero-order valence-corrected chi connectivity index (χ0v) is 33.3. The first-order valence-corrected chi connectivity index (χ1v) is 22.0. The predicted octanol–water partition coefficient (Wildman–Crippen LogP) is 7.19. The molecule has 0 radical (unpaired) electrons. The van der Waals surface area contributed by atoms with Gasteiger partial charge >= 0.3 is 13.8 Å². The van der Waals surface area contributed by atoms with E-state index in [1.54, 1.807) is 0 Å². The van der Waals surface area contributed by atoms with Crippen LogP contribution in [0.3, 0.4) is 0 Å². The molecule has 0 heterocycles. The van der Waals surface area contributed by atoms with Crippen molar-refractivity contribution < 1.29 is 58.3 Å². The van der Waals surface area contributed by atoms with E-state index in [0.717, 1.165) is 57.8 Å². The summed E-state index contributed by atoms with van der Waals surface area (Å²) in [5, 5.41) is 50.0. The van der Waals surface area contributed by atoms with Crippen molar-refractivity contribution in [1.82, 2.24) is 0 Å². The van der Waals surface area contributed by atoms with Gasteiger partial charge in [0.25, 0.3) is 0 Å². The van der Waals surface area contributed by atoms with Gasteiger partial charge in [0.2, 0.25) is 0 Å². The number of allylic oxidation sites excluding steroid dienone is 2. The Balaban J connectivity index is 2.44. The fraction of sp³-hybridized carbons (Fsp3) is 0.923. The third kappa shape index (κ3) is 23.8. The molecule has 0 aliphatic heterocycles. The van der Waals surface area contributed by atoms with Gasteiger partial charge in [0.05, 0.1) is 13.2 Å². The van der Waals surface area contributed by atoms with Gasteiger partial charge in [-0.3, -0.25) is 13.8 Å². The van der Waals surface area contributed by atoms with Crippen LogP contribution >= 0.6 is 7.82 Å². The number of hydrogen-bond donors (Lipinski definition) is 6. The molecule has 1 fully saturated rings. The molecule has 0 aromatic carbocycles. The third-order valence-electron chi connectivity index (χ3n) is 9.62. The fourth-order valence-electron chi connectivity index (χ4n) is 6.30. The average molecular weight is 767 g/mol. The molecule has 1 aliphatic carbocycles. The Morgan fingerprint density at radius 3 is 1.60 bits per heavy atom. The number of phosphoric acid groups is 1. The Morgan fingerprint density at radius 1 is 0.596 bits per heavy atom. The van der Waals surface area contributed by atoms with Gasteiger partial charge in [-0.05, 0) is 32.1 Å². The summed E-state index contributed by atoms with van der Waals surface area (Å²) < 4.78 is 34.0. The highest BCUT2D eigenvalue weighted by molar-refractivity contribution is 7.47. The van der Waals surface area contributed by atoms with Crippen LogP contribution in [0.2, 0.25) is 0 Å². The molecule has 6 unspecified atom stereocenters. The molecule has 6 N–H and O–H groups in total. The van der Waals surface area contributed by atoms with Crippen molar-refractivity contribution in [3.63, 3.8) is 0 Å². The Hall–Kier alpha value is -0.920. The minimum absolute atomic E-state index is 0.0765. The van der Waals surface area contributed by atoms with Gasteiger partial charge < -0.3 is 39.9 Å². The Kier molecular flexibility index (Phi) is 29.6. The number of rotatable bonds is 34. The SMILES string of the molecule is CCC/C=C\CCCCCCCCOCC(COP(=O)(O)OC1C(O)C(O)C(O)C(O)C1O)OC(=O)CCCCCCCCCCCCCCCC. The smallest absolute Gasteiger partial charge is 0.457 e. The van der Waals surface area contributed by atoms with Crippen molar-refractivity contribution in [2.45, 2.75) is 211 Å². The van der Waals surface area contributed by atoms with Crippen LogP contribution in [0, 0.1) is 0 Å². The van der Waals surface area contributed by atoms with Crippen molar-refractivity contribution >= 4 is 13.8 Å². The second-order valence-electron chi connectivity index (χ2n) is 14.5. The zero-order chi connectivity index (χ0) is 38.5. The van der Waals surface area contributed by atoms with Gasteiger partial charge in [-0.2, -0.15) is 0 Å². The van der Waals surface area contributed by atoms with Gasteiger partial charge in [-0.15, -0.1) is 0 Å². The van der Waals surface area contributed by atoms with Gasteiger partial charge in [-0.25, -0.2) is 4.57 Å². The molecule has 1 rings (SSSR count). The van der Waals surface area contributed by atoms with Gasteiger partial charge in [0.15, 0.2) is 0 Å². The van der Waals surface area contributed by atoms with Crippen LogP contribution in [0.4, 0.5) is 0 Å². The minimum atomic E-state index is -5.00. The van der Waals surface area contributed by atoms with Crippen LogP contribution in [0.5, 0.6) is 0 Å². The van der Waals surface area contributed by atoms with Crippen LogP contribution in [0.1, 0.15) is 168 Å². The van der Waals surface area contributed by atoms with Crippen molar-refractivity contribution in [3.8, 4) is 0 Å². The summed E-state index contributed by atoms with van der Waals surface area (Å²) in [5.41, 5.74) is 0. The lowest BCUT2D eigenvalue weighted by Gasteiger charge is -2.41. The second-order valence-corrected chi connectivity index (χ2v) is 15.9. The van der Waals surface area contributed by atoms with E-state index in [-0.39, 0.29) is 13.0 Å². The van der Waals surface area contributed by atoms with Crippen LogP contribution in [-0.4, -0.2) is 98.9 Å². The number of carbonyl (C=O) groups is 1. The van der Waals surface area contributed by atoms with E-state index < -0.39 is 63.1 Å². The highest BCUT2D eigenvalue weighted by Gasteiger charge is 2.51. The largest absolute Gasteiger partial charge is 0.472 e. The molecule has 12 nitrogen and oxygen atoms in total. The first-order chi connectivity index (χ1) is 25.0. The van der Waals surface area contributed by atoms with E-state index in [9.17, 15) is 39.8 Å². The molecule has 0 amide bonds. The molecule has 0 saturated heterocycles. The Morgan fingerprint density at radius 2 is 1.06 bits per heavy atom. The molecule has 0 aromatic heterocycles. The van der Waals surface area contributed by atoms with E-state index in [0.29, 0.717) is 13.0 Å². The lowest BCUT2D eigenvalue weighted by atomic mass is 9.85. The Labute approximate surface area is 314 Å². The van der Waals surface area contributed by atoms with E-state index in [1.165, 1.54) is 83.5 Å². The number of esters is 1. The maximum Gasteiger partial charge on any atom is 0.472 e. The summed E-state index contributed by atoms with van der Waals surface area (Å²) in [6.45, 7) is 4.18. The second kappa shape index (κ2) is 31.3. The van der Waals surface area contributed by atoms with Crippen molar-refractivity contribution in [2.24, 2.45) is 0 Å². The lowest BCUT2D eigenvalue weighted by Crippen LogP contribution is -2.64. The average Bonchev–Trinajstić information content (AvgIpc) is 3.12.